The van der Waals surface area contributed by atoms with Gasteiger partial charge in [-0.2, -0.15) is 8.78 Å². The van der Waals surface area contributed by atoms with Gasteiger partial charge < -0.3 is 9.47 Å². The van der Waals surface area contributed by atoms with Crippen molar-refractivity contribution >= 4 is 44.4 Å². The van der Waals surface area contributed by atoms with Gasteiger partial charge in [0, 0.05) is 5.56 Å². The SMILES string of the molecule is Cc1cc(-c2nc3cccc(NC(=O)OC(C)(C)C)c3s2)c2ncc(OC(F)F)nc2c1. The van der Waals surface area contributed by atoms with E-state index in [9.17, 15) is 13.6 Å². The van der Waals surface area contributed by atoms with E-state index in [4.69, 9.17) is 9.72 Å². The Morgan fingerprint density at radius 2 is 1.94 bits per heavy atom. The highest BCUT2D eigenvalue weighted by atomic mass is 32.1. The molecule has 0 atom stereocenters. The first-order valence-electron chi connectivity index (χ1n) is 9.71. The van der Waals surface area contributed by atoms with Gasteiger partial charge in [-0.25, -0.2) is 19.7 Å². The third-order valence-electron chi connectivity index (χ3n) is 4.26. The number of hydrogen-bond donors (Lipinski definition) is 1. The fourth-order valence-electron chi connectivity index (χ4n) is 3.14. The van der Waals surface area contributed by atoms with Crippen LogP contribution < -0.4 is 10.1 Å². The van der Waals surface area contributed by atoms with Gasteiger partial charge >= 0.3 is 12.7 Å². The summed E-state index contributed by atoms with van der Waals surface area (Å²) in [7, 11) is 0. The van der Waals surface area contributed by atoms with Crippen molar-refractivity contribution < 1.29 is 23.0 Å². The van der Waals surface area contributed by atoms with Gasteiger partial charge in [0.05, 0.1) is 33.1 Å². The van der Waals surface area contributed by atoms with Crippen LogP contribution in [0.1, 0.15) is 26.3 Å². The Hall–Kier alpha value is -3.40. The summed E-state index contributed by atoms with van der Waals surface area (Å²) in [5, 5.41) is 3.43. The van der Waals surface area contributed by atoms with Crippen LogP contribution in [0.25, 0.3) is 31.8 Å². The number of ether oxygens (including phenoxy) is 2. The number of carbonyl (C=O) groups is 1. The van der Waals surface area contributed by atoms with Crippen LogP contribution in [0.3, 0.4) is 0 Å². The summed E-state index contributed by atoms with van der Waals surface area (Å²) in [6.45, 7) is 4.26. The highest BCUT2D eigenvalue weighted by Gasteiger charge is 2.19. The van der Waals surface area contributed by atoms with Gasteiger partial charge in [0.15, 0.2) is 0 Å². The van der Waals surface area contributed by atoms with Gasteiger partial charge in [-0.15, -0.1) is 11.3 Å². The molecule has 10 heteroatoms. The van der Waals surface area contributed by atoms with E-state index in [1.807, 2.05) is 19.1 Å². The molecule has 32 heavy (non-hydrogen) atoms. The molecular formula is C22H20F2N4O3S. The zero-order chi connectivity index (χ0) is 23.0. The number of rotatable bonds is 4. The molecule has 4 rings (SSSR count). The van der Waals surface area contributed by atoms with Crippen LogP contribution in [0.5, 0.6) is 5.88 Å². The van der Waals surface area contributed by atoms with Crippen molar-refractivity contribution in [3.05, 3.63) is 42.1 Å². The molecule has 2 aromatic heterocycles. The number of halogens is 2. The Kier molecular flexibility index (Phi) is 5.64. The molecule has 2 aromatic carbocycles. The standard InChI is InChI=1S/C22H20F2N4O3S/c1-11-8-12(17-15(9-11)26-16(10-25-17)30-20(23)24)19-27-13-6-5-7-14(18(13)32-19)28-21(29)31-22(2,3)4/h5-10,20H,1-4H3,(H,28,29). The number of benzene rings is 2. The summed E-state index contributed by atoms with van der Waals surface area (Å²) in [5.41, 5.74) is 3.16. The van der Waals surface area contributed by atoms with E-state index in [1.165, 1.54) is 11.3 Å². The zero-order valence-electron chi connectivity index (χ0n) is 17.8. The van der Waals surface area contributed by atoms with Crippen molar-refractivity contribution in [1.82, 2.24) is 15.0 Å². The van der Waals surface area contributed by atoms with Crippen LogP contribution in [0.15, 0.2) is 36.5 Å². The number of thiazole rings is 1. The van der Waals surface area contributed by atoms with Crippen molar-refractivity contribution in [2.75, 3.05) is 5.32 Å². The monoisotopic (exact) mass is 458 g/mol. The number of aromatic nitrogens is 3. The quantitative estimate of drug-likeness (QED) is 0.394. The number of carbonyl (C=O) groups excluding carboxylic acids is 1. The maximum atomic E-state index is 12.5. The molecule has 0 saturated carbocycles. The third kappa shape index (κ3) is 4.75. The van der Waals surface area contributed by atoms with E-state index in [2.05, 4.69) is 20.0 Å². The molecule has 0 aliphatic carbocycles. The molecule has 0 aliphatic rings. The van der Waals surface area contributed by atoms with Crippen LogP contribution in [-0.2, 0) is 4.74 Å². The largest absolute Gasteiger partial charge is 0.444 e. The van der Waals surface area contributed by atoms with Gasteiger partial charge in [-0.05, 0) is 57.5 Å². The van der Waals surface area contributed by atoms with Crippen molar-refractivity contribution in [2.45, 2.75) is 39.9 Å². The Balaban J connectivity index is 1.76. The average Bonchev–Trinajstić information content (AvgIpc) is 3.10. The Morgan fingerprint density at radius 1 is 1.16 bits per heavy atom. The Morgan fingerprint density at radius 3 is 2.66 bits per heavy atom. The molecule has 0 bridgehead atoms. The number of anilines is 1. The molecule has 0 spiro atoms. The molecule has 0 radical (unpaired) electrons. The fraction of sp³-hybridized carbons (Fsp3) is 0.273. The molecule has 0 saturated heterocycles. The lowest BCUT2D eigenvalue weighted by Crippen LogP contribution is -2.27. The minimum Gasteiger partial charge on any atom is -0.444 e. The predicted octanol–water partition coefficient (Wildman–Crippen LogP) is 6.16. The zero-order valence-corrected chi connectivity index (χ0v) is 18.6. The number of nitrogens with one attached hydrogen (secondary N) is 1. The summed E-state index contributed by atoms with van der Waals surface area (Å²) in [6.07, 6.45) is 0.606. The normalized spacial score (nSPS) is 11.8. The smallest absolute Gasteiger partial charge is 0.412 e. The average molecular weight is 458 g/mol. The molecule has 0 unspecified atom stereocenters. The second-order valence-electron chi connectivity index (χ2n) is 8.07. The first-order chi connectivity index (χ1) is 15.1. The van der Waals surface area contributed by atoms with E-state index in [0.717, 1.165) is 16.5 Å². The van der Waals surface area contributed by atoms with Gasteiger partial charge in [0.1, 0.15) is 10.6 Å². The predicted molar refractivity (Wildman–Crippen MR) is 119 cm³/mol. The number of amides is 1. The van der Waals surface area contributed by atoms with Crippen molar-refractivity contribution in [3.63, 3.8) is 0 Å². The van der Waals surface area contributed by atoms with Crippen molar-refractivity contribution in [3.8, 4) is 16.5 Å². The number of fused-ring (bicyclic) bond motifs is 2. The van der Waals surface area contributed by atoms with E-state index in [0.29, 0.717) is 32.8 Å². The molecule has 0 aliphatic heterocycles. The molecule has 4 aromatic rings. The summed E-state index contributed by atoms with van der Waals surface area (Å²) < 4.78 is 35.6. The maximum Gasteiger partial charge on any atom is 0.412 e. The van der Waals surface area contributed by atoms with E-state index in [1.54, 1.807) is 39.0 Å². The fourth-order valence-corrected chi connectivity index (χ4v) is 4.19. The Labute approximate surface area is 186 Å². The first-order valence-corrected chi connectivity index (χ1v) is 10.5. The summed E-state index contributed by atoms with van der Waals surface area (Å²) in [5.74, 6) is -0.253. The minimum atomic E-state index is -2.98. The van der Waals surface area contributed by atoms with Crippen LogP contribution in [0, 0.1) is 6.92 Å². The summed E-state index contributed by atoms with van der Waals surface area (Å²) in [6, 6.07) is 9.06. The Bertz CT molecular complexity index is 1320. The van der Waals surface area contributed by atoms with Gasteiger partial charge in [0.25, 0.3) is 0 Å². The van der Waals surface area contributed by atoms with Crippen LogP contribution in [0.2, 0.25) is 0 Å². The lowest BCUT2D eigenvalue weighted by molar-refractivity contribution is -0.0528. The van der Waals surface area contributed by atoms with E-state index >= 15 is 0 Å². The van der Waals surface area contributed by atoms with Crippen molar-refractivity contribution in [2.24, 2.45) is 0 Å². The van der Waals surface area contributed by atoms with Crippen LogP contribution in [0.4, 0.5) is 19.3 Å². The maximum absolute atomic E-state index is 12.5. The van der Waals surface area contributed by atoms with Gasteiger partial charge in [0.2, 0.25) is 5.88 Å². The summed E-state index contributed by atoms with van der Waals surface area (Å²) >= 11 is 1.37. The molecule has 7 nitrogen and oxygen atoms in total. The topological polar surface area (TPSA) is 86.2 Å². The van der Waals surface area contributed by atoms with Crippen LogP contribution >= 0.6 is 11.3 Å². The summed E-state index contributed by atoms with van der Waals surface area (Å²) in [4.78, 5) is 25.4. The van der Waals surface area contributed by atoms with E-state index in [-0.39, 0.29) is 5.88 Å². The number of hydrogen-bond acceptors (Lipinski definition) is 7. The third-order valence-corrected chi connectivity index (χ3v) is 5.40. The van der Waals surface area contributed by atoms with Crippen LogP contribution in [-0.4, -0.2) is 33.3 Å². The molecule has 1 N–H and O–H groups in total. The lowest BCUT2D eigenvalue weighted by atomic mass is 10.1. The number of aryl methyl sites for hydroxylation is 1. The van der Waals surface area contributed by atoms with Crippen molar-refractivity contribution in [1.29, 1.82) is 0 Å². The second kappa shape index (κ2) is 8.27. The first kappa shape index (κ1) is 21.8. The molecule has 2 heterocycles. The van der Waals surface area contributed by atoms with Gasteiger partial charge in [-0.1, -0.05) is 6.07 Å². The molecule has 166 valence electrons. The molecule has 0 fully saturated rings. The minimum absolute atomic E-state index is 0.253. The van der Waals surface area contributed by atoms with E-state index < -0.39 is 18.3 Å². The second-order valence-corrected chi connectivity index (χ2v) is 9.07. The number of nitrogens with zero attached hydrogens (tertiary/aromatic N) is 3. The highest BCUT2D eigenvalue weighted by molar-refractivity contribution is 7.22. The lowest BCUT2D eigenvalue weighted by Gasteiger charge is -2.19. The number of alkyl halides is 2. The highest BCUT2D eigenvalue weighted by Crippen LogP contribution is 2.37. The molecule has 1 amide bonds. The van der Waals surface area contributed by atoms with Gasteiger partial charge in [-0.3, -0.25) is 5.32 Å². The molecular weight excluding hydrogens is 438 g/mol.